The van der Waals surface area contributed by atoms with Gasteiger partial charge in [-0.1, -0.05) is 32.1 Å². The van der Waals surface area contributed by atoms with Gasteiger partial charge in [0, 0.05) is 11.3 Å². The first-order valence-electron chi connectivity index (χ1n) is 7.79. The number of carbonyl (C=O) groups is 1. The number of nitrogens with one attached hydrogen (secondary N) is 1. The second kappa shape index (κ2) is 5.28. The normalized spacial score (nSPS) is 29.3. The van der Waals surface area contributed by atoms with Crippen molar-refractivity contribution in [3.05, 3.63) is 0 Å². The van der Waals surface area contributed by atoms with Crippen molar-refractivity contribution < 1.29 is 4.79 Å². The first kappa shape index (κ1) is 13.7. The average molecular weight is 282 g/mol. The Morgan fingerprint density at radius 2 is 1.74 bits per heavy atom. The summed E-state index contributed by atoms with van der Waals surface area (Å²) in [5.41, 5.74) is -0.172. The molecule has 1 aliphatic heterocycles. The molecule has 2 aliphatic carbocycles. The van der Waals surface area contributed by atoms with Gasteiger partial charge in [-0.2, -0.15) is 11.8 Å². The summed E-state index contributed by atoms with van der Waals surface area (Å²) in [5, 5.41) is 3.53. The van der Waals surface area contributed by atoms with Crippen LogP contribution in [0.4, 0.5) is 0 Å². The molecule has 1 amide bonds. The van der Waals surface area contributed by atoms with Crippen LogP contribution in [0.1, 0.15) is 57.8 Å². The third-order valence-corrected chi connectivity index (χ3v) is 6.84. The van der Waals surface area contributed by atoms with Crippen molar-refractivity contribution in [1.29, 1.82) is 0 Å². The van der Waals surface area contributed by atoms with E-state index in [0.717, 1.165) is 26.1 Å². The maximum atomic E-state index is 12.7. The van der Waals surface area contributed by atoms with E-state index in [-0.39, 0.29) is 5.54 Å². The van der Waals surface area contributed by atoms with Gasteiger partial charge in [0.2, 0.25) is 5.91 Å². The first-order valence-corrected chi connectivity index (χ1v) is 9.02. The first-order chi connectivity index (χ1) is 9.20. The Labute approximate surface area is 120 Å². The number of carbonyl (C=O) groups excluding carboxylic acids is 1. The summed E-state index contributed by atoms with van der Waals surface area (Å²) >= 11 is 1.99. The molecule has 0 aromatic rings. The van der Waals surface area contributed by atoms with Crippen LogP contribution in [0, 0.1) is 0 Å². The Morgan fingerprint density at radius 3 is 2.37 bits per heavy atom. The van der Waals surface area contributed by atoms with Crippen LogP contribution in [-0.4, -0.2) is 40.6 Å². The molecule has 2 saturated carbocycles. The Balaban J connectivity index is 1.68. The molecule has 108 valence electrons. The van der Waals surface area contributed by atoms with Gasteiger partial charge in [-0.25, -0.2) is 0 Å². The fourth-order valence-electron chi connectivity index (χ4n) is 4.16. The maximum absolute atomic E-state index is 12.7. The Morgan fingerprint density at radius 1 is 1.11 bits per heavy atom. The van der Waals surface area contributed by atoms with Crippen LogP contribution >= 0.6 is 11.8 Å². The van der Waals surface area contributed by atoms with Gasteiger partial charge < -0.3 is 4.90 Å². The summed E-state index contributed by atoms with van der Waals surface area (Å²) in [6.07, 6.45) is 13.4. The molecule has 19 heavy (non-hydrogen) atoms. The smallest absolute Gasteiger partial charge is 0.244 e. The average Bonchev–Trinajstić information content (AvgIpc) is 3.04. The zero-order valence-electron chi connectivity index (χ0n) is 12.0. The molecule has 3 nitrogen and oxygen atoms in total. The van der Waals surface area contributed by atoms with E-state index < -0.39 is 0 Å². The summed E-state index contributed by atoms with van der Waals surface area (Å²) in [6.45, 7) is 1.74. The van der Waals surface area contributed by atoms with Crippen molar-refractivity contribution in [3.8, 4) is 0 Å². The summed E-state index contributed by atoms with van der Waals surface area (Å²) in [5.74, 6) is 0.393. The number of hydrogen-bond donors (Lipinski definition) is 1. The highest BCUT2D eigenvalue weighted by Crippen LogP contribution is 2.41. The van der Waals surface area contributed by atoms with E-state index in [1.165, 1.54) is 44.9 Å². The molecule has 1 N–H and O–H groups in total. The van der Waals surface area contributed by atoms with Crippen LogP contribution < -0.4 is 5.32 Å². The van der Waals surface area contributed by atoms with Crippen molar-refractivity contribution in [2.24, 2.45) is 0 Å². The van der Waals surface area contributed by atoms with Crippen LogP contribution in [0.5, 0.6) is 0 Å². The largest absolute Gasteiger partial charge is 0.327 e. The van der Waals surface area contributed by atoms with Crippen LogP contribution in [0.15, 0.2) is 0 Å². The van der Waals surface area contributed by atoms with Gasteiger partial charge in [-0.15, -0.1) is 0 Å². The number of rotatable bonds is 3. The van der Waals surface area contributed by atoms with Crippen molar-refractivity contribution >= 4 is 17.7 Å². The lowest BCUT2D eigenvalue weighted by atomic mass is 9.87. The number of nitrogens with zero attached hydrogens (tertiary/aromatic N) is 1. The fourth-order valence-corrected chi connectivity index (χ4v) is 5.15. The molecule has 1 saturated heterocycles. The van der Waals surface area contributed by atoms with E-state index in [0.29, 0.717) is 10.7 Å². The number of amides is 1. The highest BCUT2D eigenvalue weighted by Gasteiger charge is 2.49. The Bertz CT molecular complexity index is 346. The predicted octanol–water partition coefficient (Wildman–Crippen LogP) is 2.75. The third kappa shape index (κ3) is 2.42. The van der Waals surface area contributed by atoms with E-state index in [1.54, 1.807) is 0 Å². The van der Waals surface area contributed by atoms with Crippen LogP contribution in [0.25, 0.3) is 0 Å². The molecular weight excluding hydrogens is 256 g/mol. The number of hydrogen-bond acceptors (Lipinski definition) is 3. The van der Waals surface area contributed by atoms with Gasteiger partial charge in [0.05, 0.1) is 12.2 Å². The van der Waals surface area contributed by atoms with Crippen LogP contribution in [0.3, 0.4) is 0 Å². The van der Waals surface area contributed by atoms with Gasteiger partial charge >= 0.3 is 0 Å². The Kier molecular flexibility index (Phi) is 3.82. The van der Waals surface area contributed by atoms with Crippen LogP contribution in [0.2, 0.25) is 0 Å². The molecule has 0 radical (unpaired) electrons. The topological polar surface area (TPSA) is 32.3 Å². The van der Waals surface area contributed by atoms with Gasteiger partial charge in [0.1, 0.15) is 0 Å². The minimum atomic E-state index is -0.172. The second-order valence-electron chi connectivity index (χ2n) is 6.58. The minimum absolute atomic E-state index is 0.172. The van der Waals surface area contributed by atoms with Crippen molar-refractivity contribution in [1.82, 2.24) is 10.2 Å². The van der Waals surface area contributed by atoms with Gasteiger partial charge in [-0.3, -0.25) is 10.1 Å². The Hall–Kier alpha value is -0.220. The lowest BCUT2D eigenvalue weighted by Gasteiger charge is -2.38. The predicted molar refractivity (Wildman–Crippen MR) is 80.2 cm³/mol. The molecule has 3 aliphatic rings. The molecule has 3 fully saturated rings. The highest BCUT2D eigenvalue weighted by atomic mass is 32.2. The monoisotopic (exact) mass is 282 g/mol. The molecule has 4 heteroatoms. The van der Waals surface area contributed by atoms with Crippen molar-refractivity contribution in [2.75, 3.05) is 19.5 Å². The second-order valence-corrected chi connectivity index (χ2v) is 7.85. The van der Waals surface area contributed by atoms with Gasteiger partial charge in [0.15, 0.2) is 0 Å². The lowest BCUT2D eigenvalue weighted by molar-refractivity contribution is -0.132. The zero-order valence-corrected chi connectivity index (χ0v) is 12.9. The van der Waals surface area contributed by atoms with Gasteiger partial charge in [0.25, 0.3) is 0 Å². The summed E-state index contributed by atoms with van der Waals surface area (Å²) < 4.78 is 0.333. The summed E-state index contributed by atoms with van der Waals surface area (Å²) in [4.78, 5) is 14.8. The summed E-state index contributed by atoms with van der Waals surface area (Å²) in [7, 11) is 0. The number of thioether (sulfide) groups is 1. The third-order valence-electron chi connectivity index (χ3n) is 5.44. The maximum Gasteiger partial charge on any atom is 0.244 e. The highest BCUT2D eigenvalue weighted by molar-refractivity contribution is 8.00. The van der Waals surface area contributed by atoms with Gasteiger partial charge in [-0.05, 0) is 31.9 Å². The fraction of sp³-hybridized carbons (Fsp3) is 0.933. The quantitative estimate of drug-likeness (QED) is 0.864. The molecule has 1 spiro atoms. The molecular formula is C15H26N2OS. The van der Waals surface area contributed by atoms with Crippen molar-refractivity contribution in [3.63, 3.8) is 0 Å². The van der Waals surface area contributed by atoms with Crippen LogP contribution in [-0.2, 0) is 4.79 Å². The van der Waals surface area contributed by atoms with E-state index in [2.05, 4.69) is 16.5 Å². The van der Waals surface area contributed by atoms with E-state index in [4.69, 9.17) is 0 Å². The molecule has 0 bridgehead atoms. The lowest BCUT2D eigenvalue weighted by Crippen LogP contribution is -2.47. The summed E-state index contributed by atoms with van der Waals surface area (Å²) in [6, 6.07) is 0. The molecule has 0 aromatic carbocycles. The molecule has 0 unspecified atom stereocenters. The van der Waals surface area contributed by atoms with Crippen molar-refractivity contribution in [2.45, 2.75) is 68.1 Å². The molecule has 3 rings (SSSR count). The molecule has 0 aromatic heterocycles. The zero-order chi connectivity index (χ0) is 13.3. The molecule has 1 heterocycles. The minimum Gasteiger partial charge on any atom is -0.327 e. The molecule has 0 atom stereocenters. The van der Waals surface area contributed by atoms with E-state index in [9.17, 15) is 4.79 Å². The van der Waals surface area contributed by atoms with E-state index in [1.807, 2.05) is 11.8 Å². The SMILES string of the molecule is CSC1(CN2CNC3(CCCC3)C2=O)CCCCC1. The van der Waals surface area contributed by atoms with E-state index >= 15 is 0 Å². The standard InChI is InChI=1S/C15H26N2OS/c1-19-14(7-3-2-4-8-14)11-17-12-16-15(13(17)18)9-5-6-10-15/h16H,2-12H2,1H3.